The van der Waals surface area contributed by atoms with Gasteiger partial charge in [0.25, 0.3) is 0 Å². The van der Waals surface area contributed by atoms with E-state index in [1.165, 1.54) is 6.07 Å². The zero-order valence-corrected chi connectivity index (χ0v) is 13.2. The third-order valence-electron chi connectivity index (χ3n) is 3.09. The Morgan fingerprint density at radius 2 is 2.05 bits per heavy atom. The van der Waals surface area contributed by atoms with Crippen LogP contribution < -0.4 is 5.32 Å². The molecule has 0 radical (unpaired) electrons. The molecule has 0 fully saturated rings. The van der Waals surface area contributed by atoms with Crippen LogP contribution in [-0.4, -0.2) is 9.78 Å². The molecule has 0 aliphatic rings. The van der Waals surface area contributed by atoms with E-state index >= 15 is 0 Å². The van der Waals surface area contributed by atoms with E-state index in [0.717, 1.165) is 29.8 Å². The third kappa shape index (κ3) is 3.78. The van der Waals surface area contributed by atoms with Crippen LogP contribution in [0.25, 0.3) is 0 Å². The molecule has 1 aromatic carbocycles. The summed E-state index contributed by atoms with van der Waals surface area (Å²) in [4.78, 5) is 0. The Balaban J connectivity index is 2.19. The second-order valence-electron chi connectivity index (χ2n) is 4.67. The normalized spacial score (nSPS) is 11.7. The van der Waals surface area contributed by atoms with Crippen LogP contribution in [0.15, 0.2) is 28.9 Å². The third-order valence-corrected chi connectivity index (χ3v) is 3.78. The summed E-state index contributed by atoms with van der Waals surface area (Å²) in [5.74, 6) is 0. The Hall–Kier alpha value is -1.50. The van der Waals surface area contributed by atoms with E-state index in [9.17, 15) is 13.2 Å². The summed E-state index contributed by atoms with van der Waals surface area (Å²) < 4.78 is 40.5. The van der Waals surface area contributed by atoms with E-state index in [2.05, 4.69) is 26.3 Å². The number of nitrogens with zero attached hydrogens (tertiary/aromatic N) is 2. The predicted molar refractivity (Wildman–Crippen MR) is 79.1 cm³/mol. The smallest absolute Gasteiger partial charge is 0.380 e. The largest absolute Gasteiger partial charge is 0.416 e. The van der Waals surface area contributed by atoms with Gasteiger partial charge in [-0.1, -0.05) is 6.92 Å². The van der Waals surface area contributed by atoms with Gasteiger partial charge in [-0.05, 0) is 40.5 Å². The van der Waals surface area contributed by atoms with Crippen molar-refractivity contribution < 1.29 is 13.2 Å². The average molecular weight is 362 g/mol. The van der Waals surface area contributed by atoms with E-state index in [1.807, 2.05) is 20.2 Å². The molecule has 114 valence electrons. The highest BCUT2D eigenvalue weighted by molar-refractivity contribution is 9.10. The van der Waals surface area contributed by atoms with Crippen molar-refractivity contribution in [3.63, 3.8) is 0 Å². The number of aromatic nitrogens is 2. The van der Waals surface area contributed by atoms with Gasteiger partial charge < -0.3 is 5.32 Å². The quantitative estimate of drug-likeness (QED) is 0.875. The van der Waals surface area contributed by atoms with Crippen LogP contribution in [0.3, 0.4) is 0 Å². The minimum Gasteiger partial charge on any atom is -0.380 e. The molecule has 1 heterocycles. The number of alkyl halides is 3. The van der Waals surface area contributed by atoms with Crippen molar-refractivity contribution in [2.24, 2.45) is 7.05 Å². The lowest BCUT2D eigenvalue weighted by Gasteiger charge is -2.12. The molecule has 0 unspecified atom stereocenters. The number of benzene rings is 1. The van der Waals surface area contributed by atoms with Gasteiger partial charge in [-0.2, -0.15) is 18.3 Å². The van der Waals surface area contributed by atoms with Crippen molar-refractivity contribution in [1.82, 2.24) is 9.78 Å². The van der Waals surface area contributed by atoms with Crippen LogP contribution >= 0.6 is 15.9 Å². The number of rotatable bonds is 4. The molecule has 2 rings (SSSR count). The summed E-state index contributed by atoms with van der Waals surface area (Å²) >= 11 is 3.26. The van der Waals surface area contributed by atoms with Crippen LogP contribution in [0.4, 0.5) is 18.9 Å². The fourth-order valence-corrected chi connectivity index (χ4v) is 2.44. The molecule has 0 saturated heterocycles. The van der Waals surface area contributed by atoms with Crippen molar-refractivity contribution in [3.8, 4) is 0 Å². The van der Waals surface area contributed by atoms with E-state index < -0.39 is 11.7 Å². The second-order valence-corrected chi connectivity index (χ2v) is 5.53. The number of nitrogens with one attached hydrogen (secondary N) is 1. The van der Waals surface area contributed by atoms with Gasteiger partial charge in [0.15, 0.2) is 0 Å². The Kier molecular flexibility index (Phi) is 4.61. The number of aryl methyl sites for hydroxylation is 2. The highest BCUT2D eigenvalue weighted by Crippen LogP contribution is 2.34. The van der Waals surface area contributed by atoms with Gasteiger partial charge in [0.1, 0.15) is 0 Å². The van der Waals surface area contributed by atoms with Crippen LogP contribution in [0, 0.1) is 0 Å². The molecule has 0 amide bonds. The van der Waals surface area contributed by atoms with Crippen molar-refractivity contribution in [2.75, 3.05) is 5.32 Å². The van der Waals surface area contributed by atoms with Gasteiger partial charge in [-0.3, -0.25) is 4.68 Å². The summed E-state index contributed by atoms with van der Waals surface area (Å²) in [5.41, 5.74) is 1.66. The first-order chi connectivity index (χ1) is 9.81. The van der Waals surface area contributed by atoms with Crippen molar-refractivity contribution in [3.05, 3.63) is 45.7 Å². The minimum atomic E-state index is -4.35. The van der Waals surface area contributed by atoms with Gasteiger partial charge in [-0.25, -0.2) is 0 Å². The number of hydrogen-bond acceptors (Lipinski definition) is 2. The van der Waals surface area contributed by atoms with Gasteiger partial charge in [-0.15, -0.1) is 0 Å². The molecule has 0 aliphatic carbocycles. The Bertz CT molecular complexity index is 635. The standard InChI is InChI=1S/C14H15BrF3N3/c1-3-12-9(8-21(2)20-12)7-19-13-6-10(14(16,17)18)4-5-11(13)15/h4-6,8,19H,3,7H2,1-2H3. The maximum Gasteiger partial charge on any atom is 0.416 e. The molecule has 0 saturated carbocycles. The SMILES string of the molecule is CCc1nn(C)cc1CNc1cc(C(F)(F)F)ccc1Br. The molecule has 0 spiro atoms. The van der Waals surface area contributed by atoms with Crippen LogP contribution in [0.1, 0.15) is 23.7 Å². The number of halogens is 4. The fraction of sp³-hybridized carbons (Fsp3) is 0.357. The lowest BCUT2D eigenvalue weighted by atomic mass is 10.1. The first kappa shape index (κ1) is 15.9. The summed E-state index contributed by atoms with van der Waals surface area (Å²) in [7, 11) is 1.82. The molecule has 0 aliphatic heterocycles. The van der Waals surface area contributed by atoms with Crippen LogP contribution in [-0.2, 0) is 26.2 Å². The van der Waals surface area contributed by atoms with E-state index in [1.54, 1.807) is 4.68 Å². The molecule has 3 nitrogen and oxygen atoms in total. The zero-order chi connectivity index (χ0) is 15.6. The molecule has 7 heteroatoms. The average Bonchev–Trinajstić information content (AvgIpc) is 2.76. The summed E-state index contributed by atoms with van der Waals surface area (Å²) in [6.07, 6.45) is -1.70. The first-order valence-corrected chi connectivity index (χ1v) is 7.22. The minimum absolute atomic E-state index is 0.413. The highest BCUT2D eigenvalue weighted by Gasteiger charge is 2.30. The Morgan fingerprint density at radius 3 is 2.67 bits per heavy atom. The summed E-state index contributed by atoms with van der Waals surface area (Å²) in [6.45, 7) is 2.42. The van der Waals surface area contributed by atoms with Crippen molar-refractivity contribution in [1.29, 1.82) is 0 Å². The molecule has 0 atom stereocenters. The molecule has 0 bridgehead atoms. The van der Waals surface area contributed by atoms with Gasteiger partial charge in [0.05, 0.1) is 11.3 Å². The summed E-state index contributed by atoms with van der Waals surface area (Å²) in [5, 5.41) is 7.34. The second kappa shape index (κ2) is 6.09. The van der Waals surface area contributed by atoms with E-state index in [0.29, 0.717) is 16.7 Å². The number of hydrogen-bond donors (Lipinski definition) is 1. The first-order valence-electron chi connectivity index (χ1n) is 6.43. The van der Waals surface area contributed by atoms with Gasteiger partial charge >= 0.3 is 6.18 Å². The topological polar surface area (TPSA) is 29.9 Å². The Labute approximate surface area is 129 Å². The van der Waals surface area contributed by atoms with Gasteiger partial charge in [0.2, 0.25) is 0 Å². The molecule has 1 N–H and O–H groups in total. The zero-order valence-electron chi connectivity index (χ0n) is 11.6. The fourth-order valence-electron chi connectivity index (χ4n) is 2.06. The molecular formula is C14H15BrF3N3. The Morgan fingerprint density at radius 1 is 1.33 bits per heavy atom. The summed E-state index contributed by atoms with van der Waals surface area (Å²) in [6, 6.07) is 3.55. The van der Waals surface area contributed by atoms with E-state index in [4.69, 9.17) is 0 Å². The van der Waals surface area contributed by atoms with Crippen LogP contribution in [0.5, 0.6) is 0 Å². The molecule has 2 aromatic rings. The lowest BCUT2D eigenvalue weighted by molar-refractivity contribution is -0.137. The molecule has 1 aromatic heterocycles. The maximum atomic E-state index is 12.7. The lowest BCUT2D eigenvalue weighted by Crippen LogP contribution is -2.07. The molecule has 21 heavy (non-hydrogen) atoms. The molecular weight excluding hydrogens is 347 g/mol. The van der Waals surface area contributed by atoms with Gasteiger partial charge in [0, 0.05) is 35.5 Å². The predicted octanol–water partition coefficient (Wildman–Crippen LogP) is 4.38. The van der Waals surface area contributed by atoms with E-state index in [-0.39, 0.29) is 0 Å². The number of anilines is 1. The van der Waals surface area contributed by atoms with Crippen molar-refractivity contribution in [2.45, 2.75) is 26.1 Å². The highest BCUT2D eigenvalue weighted by atomic mass is 79.9. The van der Waals surface area contributed by atoms with Crippen molar-refractivity contribution >= 4 is 21.6 Å². The maximum absolute atomic E-state index is 12.7. The van der Waals surface area contributed by atoms with Crippen LogP contribution in [0.2, 0.25) is 0 Å². The monoisotopic (exact) mass is 361 g/mol.